The zero-order chi connectivity index (χ0) is 11.7. The number of carbonyl (C=O) groups excluding carboxylic acids is 2. The topological polar surface area (TPSA) is 55.8 Å². The van der Waals surface area contributed by atoms with Crippen molar-refractivity contribution < 1.29 is 19.1 Å². The molecule has 5 nitrogen and oxygen atoms in total. The number of methoxy groups -OCH3 is 1. The van der Waals surface area contributed by atoms with Crippen LogP contribution in [0.4, 0.5) is 0 Å². The van der Waals surface area contributed by atoms with Crippen LogP contribution in [0, 0.1) is 0 Å². The highest BCUT2D eigenvalue weighted by Crippen LogP contribution is 2.34. The summed E-state index contributed by atoms with van der Waals surface area (Å²) >= 11 is 0. The largest absolute Gasteiger partial charge is 0.498 e. The Morgan fingerprint density at radius 1 is 1.56 bits per heavy atom. The maximum absolute atomic E-state index is 12.0. The average Bonchev–Trinajstić information content (AvgIpc) is 2.81. The Morgan fingerprint density at radius 3 is 2.94 bits per heavy atom. The first-order valence-corrected chi connectivity index (χ1v) is 5.47. The summed E-state index contributed by atoms with van der Waals surface area (Å²) in [7, 11) is 1.49. The number of amides is 1. The van der Waals surface area contributed by atoms with E-state index in [4.69, 9.17) is 9.47 Å². The van der Waals surface area contributed by atoms with Crippen LogP contribution in [0.25, 0.3) is 0 Å². The molecule has 0 aromatic rings. The molecule has 1 amide bonds. The summed E-state index contributed by atoms with van der Waals surface area (Å²) in [6.07, 6.45) is 1.82. The van der Waals surface area contributed by atoms with Gasteiger partial charge in [-0.05, 0) is 19.8 Å². The molecular weight excluding hydrogens is 210 g/mol. The molecule has 88 valence electrons. The van der Waals surface area contributed by atoms with Gasteiger partial charge in [-0.3, -0.25) is 4.79 Å². The lowest BCUT2D eigenvalue weighted by Crippen LogP contribution is -2.31. The van der Waals surface area contributed by atoms with Crippen LogP contribution in [-0.4, -0.2) is 43.1 Å². The highest BCUT2D eigenvalue weighted by molar-refractivity contribution is 6.18. The molecule has 2 aliphatic rings. The van der Waals surface area contributed by atoms with Crippen LogP contribution in [0.15, 0.2) is 11.3 Å². The molecule has 0 saturated carbocycles. The van der Waals surface area contributed by atoms with Crippen molar-refractivity contribution in [3.63, 3.8) is 0 Å². The van der Waals surface area contributed by atoms with E-state index in [-0.39, 0.29) is 24.1 Å². The Bertz CT molecular complexity index is 361. The summed E-state index contributed by atoms with van der Waals surface area (Å²) in [5.74, 6) is -0.350. The summed E-state index contributed by atoms with van der Waals surface area (Å²) in [5.41, 5.74) is 0.0778. The van der Waals surface area contributed by atoms with E-state index in [1.807, 2.05) is 0 Å². The third kappa shape index (κ3) is 1.47. The minimum absolute atomic E-state index is 0.0584. The van der Waals surface area contributed by atoms with Crippen molar-refractivity contribution in [1.82, 2.24) is 4.90 Å². The number of carbonyl (C=O) groups is 2. The third-order valence-corrected chi connectivity index (χ3v) is 2.98. The fraction of sp³-hybridized carbons (Fsp3) is 0.636. The van der Waals surface area contributed by atoms with Crippen molar-refractivity contribution in [3.8, 4) is 0 Å². The van der Waals surface area contributed by atoms with Gasteiger partial charge >= 0.3 is 5.97 Å². The molecule has 1 fully saturated rings. The minimum atomic E-state index is -0.571. The standard InChI is InChI=1S/C11H15NO4/c1-3-16-11(14)8-9(15-2)7-5-4-6-12(7)10(8)13/h7H,3-6H2,1-2H3. The van der Waals surface area contributed by atoms with E-state index in [0.29, 0.717) is 12.3 Å². The molecular formula is C11H15NO4. The van der Waals surface area contributed by atoms with Gasteiger partial charge in [-0.25, -0.2) is 4.79 Å². The van der Waals surface area contributed by atoms with Gasteiger partial charge < -0.3 is 14.4 Å². The van der Waals surface area contributed by atoms with Gasteiger partial charge in [0.1, 0.15) is 5.76 Å². The molecule has 0 aliphatic carbocycles. The Kier molecular flexibility index (Phi) is 2.85. The van der Waals surface area contributed by atoms with Crippen LogP contribution in [0.5, 0.6) is 0 Å². The zero-order valence-corrected chi connectivity index (χ0v) is 9.49. The number of ether oxygens (including phenoxy) is 2. The first-order valence-electron chi connectivity index (χ1n) is 5.47. The Hall–Kier alpha value is -1.52. The van der Waals surface area contributed by atoms with Crippen molar-refractivity contribution in [2.24, 2.45) is 0 Å². The summed E-state index contributed by atoms with van der Waals surface area (Å²) in [6.45, 7) is 2.67. The predicted molar refractivity (Wildman–Crippen MR) is 55.4 cm³/mol. The monoisotopic (exact) mass is 225 g/mol. The van der Waals surface area contributed by atoms with E-state index in [1.165, 1.54) is 7.11 Å². The predicted octanol–water partition coefficient (Wildman–Crippen LogP) is 0.455. The Morgan fingerprint density at radius 2 is 2.31 bits per heavy atom. The number of nitrogens with zero attached hydrogens (tertiary/aromatic N) is 1. The molecule has 1 unspecified atom stereocenters. The highest BCUT2D eigenvalue weighted by Gasteiger charge is 2.46. The van der Waals surface area contributed by atoms with Crippen molar-refractivity contribution in [3.05, 3.63) is 11.3 Å². The molecule has 0 radical (unpaired) electrons. The summed E-state index contributed by atoms with van der Waals surface area (Å²) in [4.78, 5) is 25.3. The van der Waals surface area contributed by atoms with Gasteiger partial charge in [0.15, 0.2) is 5.57 Å². The van der Waals surface area contributed by atoms with Crippen LogP contribution < -0.4 is 0 Å². The average molecular weight is 225 g/mol. The van der Waals surface area contributed by atoms with Gasteiger partial charge in [-0.1, -0.05) is 0 Å². The fourth-order valence-corrected chi connectivity index (χ4v) is 2.33. The lowest BCUT2D eigenvalue weighted by atomic mass is 10.1. The molecule has 2 heterocycles. The van der Waals surface area contributed by atoms with E-state index < -0.39 is 5.97 Å². The Labute approximate surface area is 94.0 Å². The van der Waals surface area contributed by atoms with Gasteiger partial charge in [0.2, 0.25) is 0 Å². The maximum Gasteiger partial charge on any atom is 0.347 e. The lowest BCUT2D eigenvalue weighted by Gasteiger charge is -2.16. The number of esters is 1. The third-order valence-electron chi connectivity index (χ3n) is 2.98. The number of hydrogen-bond donors (Lipinski definition) is 0. The van der Waals surface area contributed by atoms with Crippen LogP contribution >= 0.6 is 0 Å². The molecule has 1 atom stereocenters. The van der Waals surface area contributed by atoms with Crippen LogP contribution in [0.2, 0.25) is 0 Å². The lowest BCUT2D eigenvalue weighted by molar-refractivity contribution is -0.141. The van der Waals surface area contributed by atoms with Gasteiger partial charge in [-0.15, -0.1) is 0 Å². The summed E-state index contributed by atoms with van der Waals surface area (Å²) < 4.78 is 10.1. The molecule has 1 saturated heterocycles. The number of fused-ring (bicyclic) bond motifs is 1. The fourth-order valence-electron chi connectivity index (χ4n) is 2.33. The summed E-state index contributed by atoms with van der Waals surface area (Å²) in [6, 6.07) is -0.0584. The Balaban J connectivity index is 2.32. The van der Waals surface area contributed by atoms with E-state index in [0.717, 1.165) is 12.8 Å². The quantitative estimate of drug-likeness (QED) is 0.517. The van der Waals surface area contributed by atoms with E-state index in [1.54, 1.807) is 11.8 Å². The molecule has 0 spiro atoms. The number of hydrogen-bond acceptors (Lipinski definition) is 4. The van der Waals surface area contributed by atoms with Crippen LogP contribution in [-0.2, 0) is 19.1 Å². The number of rotatable bonds is 3. The van der Waals surface area contributed by atoms with Crippen molar-refractivity contribution in [2.75, 3.05) is 20.3 Å². The van der Waals surface area contributed by atoms with Gasteiger partial charge in [0.05, 0.1) is 19.8 Å². The van der Waals surface area contributed by atoms with Crippen molar-refractivity contribution in [1.29, 1.82) is 0 Å². The van der Waals surface area contributed by atoms with Crippen molar-refractivity contribution in [2.45, 2.75) is 25.8 Å². The second-order valence-electron chi connectivity index (χ2n) is 3.82. The molecule has 0 aromatic carbocycles. The van der Waals surface area contributed by atoms with Gasteiger partial charge in [-0.2, -0.15) is 0 Å². The zero-order valence-electron chi connectivity index (χ0n) is 9.49. The second kappa shape index (κ2) is 4.15. The normalized spacial score (nSPS) is 23.8. The smallest absolute Gasteiger partial charge is 0.347 e. The van der Waals surface area contributed by atoms with Gasteiger partial charge in [0, 0.05) is 6.54 Å². The SMILES string of the molecule is CCOC(=O)C1=C(OC)C2CCCN2C1=O. The highest BCUT2D eigenvalue weighted by atomic mass is 16.5. The molecule has 0 N–H and O–H groups in total. The molecule has 5 heteroatoms. The summed E-state index contributed by atoms with van der Waals surface area (Å²) in [5, 5.41) is 0. The second-order valence-corrected chi connectivity index (χ2v) is 3.82. The molecule has 0 aromatic heterocycles. The van der Waals surface area contributed by atoms with Crippen LogP contribution in [0.3, 0.4) is 0 Å². The molecule has 2 aliphatic heterocycles. The molecule has 2 rings (SSSR count). The first-order chi connectivity index (χ1) is 7.70. The minimum Gasteiger partial charge on any atom is -0.498 e. The van der Waals surface area contributed by atoms with Crippen LogP contribution in [0.1, 0.15) is 19.8 Å². The maximum atomic E-state index is 12.0. The van der Waals surface area contributed by atoms with E-state index >= 15 is 0 Å². The van der Waals surface area contributed by atoms with Crippen molar-refractivity contribution >= 4 is 11.9 Å². The molecule has 0 bridgehead atoms. The van der Waals surface area contributed by atoms with Gasteiger partial charge in [0.25, 0.3) is 5.91 Å². The van der Waals surface area contributed by atoms with E-state index in [9.17, 15) is 9.59 Å². The molecule has 16 heavy (non-hydrogen) atoms. The van der Waals surface area contributed by atoms with E-state index in [2.05, 4.69) is 0 Å². The first kappa shape index (κ1) is 11.0.